The summed E-state index contributed by atoms with van der Waals surface area (Å²) >= 11 is 1.12. The Hall–Kier alpha value is -1.89. The molecule has 0 aromatic carbocycles. The van der Waals surface area contributed by atoms with Gasteiger partial charge in [-0.25, -0.2) is 14.4 Å². The Morgan fingerprint density at radius 3 is 3.00 bits per heavy atom. The normalized spacial score (nSPS) is 10.6. The SMILES string of the molecule is CCCC(=O)On1c(=O)oc(=O)c2sccc21. The van der Waals surface area contributed by atoms with Crippen LogP contribution in [0.5, 0.6) is 0 Å². The Morgan fingerprint density at radius 1 is 1.53 bits per heavy atom. The van der Waals surface area contributed by atoms with E-state index in [0.717, 1.165) is 11.3 Å². The molecule has 6 nitrogen and oxygen atoms in total. The number of hydrogen-bond acceptors (Lipinski definition) is 6. The van der Waals surface area contributed by atoms with E-state index < -0.39 is 17.4 Å². The maximum absolute atomic E-state index is 11.4. The van der Waals surface area contributed by atoms with E-state index in [9.17, 15) is 14.4 Å². The Bertz CT molecular complexity index is 665. The third-order valence-corrected chi connectivity index (χ3v) is 2.93. The van der Waals surface area contributed by atoms with Gasteiger partial charge >= 0.3 is 17.4 Å². The van der Waals surface area contributed by atoms with Gasteiger partial charge < -0.3 is 9.25 Å². The Labute approximate surface area is 99.0 Å². The molecular weight excluding hydrogens is 246 g/mol. The summed E-state index contributed by atoms with van der Waals surface area (Å²) in [5.41, 5.74) is -0.469. The van der Waals surface area contributed by atoms with Crippen molar-refractivity contribution in [2.75, 3.05) is 0 Å². The minimum atomic E-state index is -0.995. The molecule has 0 aliphatic carbocycles. The highest BCUT2D eigenvalue weighted by Gasteiger charge is 2.14. The molecule has 0 saturated heterocycles. The lowest BCUT2D eigenvalue weighted by atomic mass is 10.3. The number of carbonyl (C=O) groups is 1. The first-order valence-electron chi connectivity index (χ1n) is 4.98. The number of thiophene rings is 1. The van der Waals surface area contributed by atoms with Crippen molar-refractivity contribution in [3.05, 3.63) is 32.4 Å². The predicted molar refractivity (Wildman–Crippen MR) is 61.1 cm³/mol. The molecule has 0 atom stereocenters. The van der Waals surface area contributed by atoms with Crippen molar-refractivity contribution >= 4 is 27.5 Å². The summed E-state index contributed by atoms with van der Waals surface area (Å²) in [6.07, 6.45) is 0.800. The van der Waals surface area contributed by atoms with Crippen LogP contribution in [0.15, 0.2) is 25.5 Å². The Kier molecular flexibility index (Phi) is 3.10. The summed E-state index contributed by atoms with van der Waals surface area (Å²) in [6.45, 7) is 1.81. The molecule has 2 rings (SSSR count). The molecule has 0 radical (unpaired) electrons. The Balaban J connectivity index is 2.53. The summed E-state index contributed by atoms with van der Waals surface area (Å²) in [5, 5.41) is 1.62. The summed E-state index contributed by atoms with van der Waals surface area (Å²) in [6, 6.07) is 1.53. The summed E-state index contributed by atoms with van der Waals surface area (Å²) in [7, 11) is 0. The van der Waals surface area contributed by atoms with Gasteiger partial charge in [-0.2, -0.15) is 0 Å². The molecule has 0 amide bonds. The first-order valence-corrected chi connectivity index (χ1v) is 5.86. The molecule has 7 heteroatoms. The zero-order chi connectivity index (χ0) is 12.4. The molecule has 2 heterocycles. The number of fused-ring (bicyclic) bond motifs is 1. The van der Waals surface area contributed by atoms with Crippen LogP contribution in [0.2, 0.25) is 0 Å². The van der Waals surface area contributed by atoms with Crippen LogP contribution in [0.25, 0.3) is 10.2 Å². The van der Waals surface area contributed by atoms with E-state index in [1.165, 1.54) is 6.07 Å². The fourth-order valence-electron chi connectivity index (χ4n) is 1.32. The van der Waals surface area contributed by atoms with E-state index >= 15 is 0 Å². The summed E-state index contributed by atoms with van der Waals surface area (Å²) in [4.78, 5) is 38.9. The quantitative estimate of drug-likeness (QED) is 0.809. The van der Waals surface area contributed by atoms with Crippen LogP contribution < -0.4 is 16.2 Å². The molecule has 0 saturated carbocycles. The van der Waals surface area contributed by atoms with Crippen LogP contribution in [-0.4, -0.2) is 10.7 Å². The van der Waals surface area contributed by atoms with Crippen molar-refractivity contribution in [2.45, 2.75) is 19.8 Å². The molecule has 17 heavy (non-hydrogen) atoms. The first-order chi connectivity index (χ1) is 8.13. The largest absolute Gasteiger partial charge is 0.456 e. The predicted octanol–water partition coefficient (Wildman–Crippen LogP) is 0.772. The number of carbonyl (C=O) groups excluding carboxylic acids is 1. The molecule has 2 aromatic heterocycles. The van der Waals surface area contributed by atoms with Gasteiger partial charge in [0.1, 0.15) is 10.2 Å². The monoisotopic (exact) mass is 255 g/mol. The van der Waals surface area contributed by atoms with E-state index in [0.29, 0.717) is 11.2 Å². The molecule has 2 aromatic rings. The second-order valence-electron chi connectivity index (χ2n) is 3.30. The average molecular weight is 255 g/mol. The minimum absolute atomic E-state index is 0.192. The maximum atomic E-state index is 11.4. The summed E-state index contributed by atoms with van der Waals surface area (Å²) < 4.78 is 5.40. The van der Waals surface area contributed by atoms with Crippen molar-refractivity contribution in [1.82, 2.24) is 4.73 Å². The van der Waals surface area contributed by atoms with Gasteiger partial charge in [-0.1, -0.05) is 6.92 Å². The van der Waals surface area contributed by atoms with Crippen LogP contribution >= 0.6 is 11.3 Å². The van der Waals surface area contributed by atoms with Crippen molar-refractivity contribution < 1.29 is 14.0 Å². The summed E-state index contributed by atoms with van der Waals surface area (Å²) in [5.74, 6) is -1.54. The van der Waals surface area contributed by atoms with E-state index in [-0.39, 0.29) is 16.6 Å². The molecule has 0 fully saturated rings. The van der Waals surface area contributed by atoms with E-state index in [1.54, 1.807) is 5.38 Å². The first kappa shape index (κ1) is 11.6. The van der Waals surface area contributed by atoms with Crippen LogP contribution in [0.3, 0.4) is 0 Å². The fourth-order valence-corrected chi connectivity index (χ4v) is 2.06. The molecule has 90 valence electrons. The highest BCUT2D eigenvalue weighted by molar-refractivity contribution is 7.17. The van der Waals surface area contributed by atoms with Crippen LogP contribution in [0.1, 0.15) is 19.8 Å². The van der Waals surface area contributed by atoms with Gasteiger partial charge in [0.25, 0.3) is 0 Å². The number of rotatable bonds is 3. The maximum Gasteiger partial charge on any atom is 0.456 e. The molecule has 0 bridgehead atoms. The van der Waals surface area contributed by atoms with Crippen LogP contribution in [0, 0.1) is 0 Å². The van der Waals surface area contributed by atoms with Gasteiger partial charge in [0.05, 0.1) is 0 Å². The van der Waals surface area contributed by atoms with Crippen LogP contribution in [-0.2, 0) is 4.79 Å². The van der Waals surface area contributed by atoms with Gasteiger partial charge in [0.2, 0.25) is 0 Å². The number of hydrogen-bond donors (Lipinski definition) is 0. The molecule has 0 aliphatic heterocycles. The molecular formula is C10H9NO5S. The van der Waals surface area contributed by atoms with E-state index in [1.807, 2.05) is 6.92 Å². The molecule has 0 N–H and O–H groups in total. The zero-order valence-electron chi connectivity index (χ0n) is 8.97. The van der Waals surface area contributed by atoms with Gasteiger partial charge in [0, 0.05) is 6.42 Å². The highest BCUT2D eigenvalue weighted by Crippen LogP contribution is 2.14. The Morgan fingerprint density at radius 2 is 2.29 bits per heavy atom. The molecule has 0 spiro atoms. The third kappa shape index (κ3) is 2.14. The zero-order valence-corrected chi connectivity index (χ0v) is 9.78. The average Bonchev–Trinajstić information content (AvgIpc) is 2.73. The van der Waals surface area contributed by atoms with E-state index in [4.69, 9.17) is 4.84 Å². The van der Waals surface area contributed by atoms with E-state index in [2.05, 4.69) is 4.42 Å². The van der Waals surface area contributed by atoms with Crippen molar-refractivity contribution in [3.8, 4) is 0 Å². The lowest BCUT2D eigenvalue weighted by molar-refractivity contribution is -0.144. The van der Waals surface area contributed by atoms with Crippen molar-refractivity contribution in [3.63, 3.8) is 0 Å². The van der Waals surface area contributed by atoms with Gasteiger partial charge in [-0.3, -0.25) is 0 Å². The minimum Gasteiger partial charge on any atom is -0.369 e. The van der Waals surface area contributed by atoms with Gasteiger partial charge in [0.15, 0.2) is 0 Å². The number of aromatic nitrogens is 1. The topological polar surface area (TPSA) is 78.5 Å². The van der Waals surface area contributed by atoms with Gasteiger partial charge in [-0.15, -0.1) is 16.1 Å². The lowest BCUT2D eigenvalue weighted by Gasteiger charge is -2.04. The smallest absolute Gasteiger partial charge is 0.369 e. The van der Waals surface area contributed by atoms with Crippen molar-refractivity contribution in [2.24, 2.45) is 0 Å². The van der Waals surface area contributed by atoms with Crippen LogP contribution in [0.4, 0.5) is 0 Å². The fraction of sp³-hybridized carbons (Fsp3) is 0.300. The van der Waals surface area contributed by atoms with Gasteiger partial charge in [-0.05, 0) is 17.9 Å². The lowest BCUT2D eigenvalue weighted by Crippen LogP contribution is -2.32. The third-order valence-electron chi connectivity index (χ3n) is 2.04. The molecule has 0 aliphatic rings. The highest BCUT2D eigenvalue weighted by atomic mass is 32.1. The standard InChI is InChI=1S/C10H9NO5S/c1-2-3-7(12)16-11-6-4-5-17-8(6)9(13)15-10(11)14/h4-5H,2-3H2,1H3. The second-order valence-corrected chi connectivity index (χ2v) is 4.21. The second kappa shape index (κ2) is 4.54. The molecule has 0 unspecified atom stereocenters. The van der Waals surface area contributed by atoms with Crippen molar-refractivity contribution in [1.29, 1.82) is 0 Å². The number of nitrogens with zero attached hydrogens (tertiary/aromatic N) is 1.